The molecule has 0 radical (unpaired) electrons. The number of hydrogen-bond donors (Lipinski definition) is 0. The number of pyridine rings is 1. The maximum atomic E-state index is 10.6. The summed E-state index contributed by atoms with van der Waals surface area (Å²) in [5, 5.41) is 0. The molecule has 19 heavy (non-hydrogen) atoms. The van der Waals surface area contributed by atoms with E-state index in [9.17, 15) is 4.79 Å². The Morgan fingerprint density at radius 1 is 1.05 bits per heavy atom. The summed E-state index contributed by atoms with van der Waals surface area (Å²) in [5.74, 6) is 0. The third-order valence-electron chi connectivity index (χ3n) is 3.17. The monoisotopic (exact) mass is 252 g/mol. The van der Waals surface area contributed by atoms with Crippen LogP contribution in [0.15, 0.2) is 42.7 Å². The lowest BCUT2D eigenvalue weighted by Crippen LogP contribution is -2.31. The molecule has 1 aromatic heterocycles. The van der Waals surface area contributed by atoms with E-state index in [1.54, 1.807) is 0 Å². The van der Waals surface area contributed by atoms with Crippen LogP contribution in [0.3, 0.4) is 0 Å². The maximum Gasteiger partial charge on any atom is 0.176 e. The fourth-order valence-corrected chi connectivity index (χ4v) is 1.87. The van der Waals surface area contributed by atoms with E-state index in [0.29, 0.717) is 5.56 Å². The Morgan fingerprint density at radius 2 is 1.74 bits per heavy atom. The van der Waals surface area contributed by atoms with Crippen molar-refractivity contribution in [2.75, 3.05) is 0 Å². The Hall–Kier alpha value is -2.22. The fraction of sp³-hybridized carbons (Fsp3) is 0.176. The van der Waals surface area contributed by atoms with Crippen LogP contribution in [0.5, 0.6) is 0 Å². The van der Waals surface area contributed by atoms with Crippen molar-refractivity contribution >= 4 is 18.4 Å². The van der Waals surface area contributed by atoms with Gasteiger partial charge in [-0.25, -0.2) is 4.57 Å². The molecule has 0 spiro atoms. The van der Waals surface area contributed by atoms with Gasteiger partial charge in [-0.1, -0.05) is 30.3 Å². The fourth-order valence-electron chi connectivity index (χ4n) is 1.87. The van der Waals surface area contributed by atoms with E-state index in [0.717, 1.165) is 18.4 Å². The first-order valence-electron chi connectivity index (χ1n) is 6.46. The molecule has 0 aliphatic heterocycles. The highest BCUT2D eigenvalue weighted by Crippen LogP contribution is 2.11. The molecule has 0 aliphatic rings. The quantitative estimate of drug-likeness (QED) is 0.604. The van der Waals surface area contributed by atoms with Crippen molar-refractivity contribution in [3.63, 3.8) is 0 Å². The second-order valence-electron chi connectivity index (χ2n) is 4.53. The van der Waals surface area contributed by atoms with Crippen LogP contribution in [0.2, 0.25) is 0 Å². The maximum absolute atomic E-state index is 10.6. The van der Waals surface area contributed by atoms with Gasteiger partial charge in [0.15, 0.2) is 12.4 Å². The molecule has 0 bridgehead atoms. The van der Waals surface area contributed by atoms with E-state index in [-0.39, 0.29) is 0 Å². The van der Waals surface area contributed by atoms with Crippen molar-refractivity contribution in [2.45, 2.75) is 20.4 Å². The average Bonchev–Trinajstić information content (AvgIpc) is 2.47. The van der Waals surface area contributed by atoms with Gasteiger partial charge in [0.1, 0.15) is 12.8 Å². The van der Waals surface area contributed by atoms with Gasteiger partial charge in [-0.2, -0.15) is 0 Å². The van der Waals surface area contributed by atoms with Crippen molar-refractivity contribution in [1.82, 2.24) is 0 Å². The standard InChI is InChI=1S/C17H18NO/c1-3-18-11-10-14(2)17(12-18)9-8-15-4-6-16(13-19)7-5-15/h4-13H,3H2,1-2H3/q+1. The molecule has 0 fully saturated rings. The number of rotatable bonds is 4. The van der Waals surface area contributed by atoms with Crippen molar-refractivity contribution in [3.05, 3.63) is 65.0 Å². The first kappa shape index (κ1) is 13.2. The van der Waals surface area contributed by atoms with Gasteiger partial charge in [0.25, 0.3) is 0 Å². The van der Waals surface area contributed by atoms with E-state index < -0.39 is 0 Å². The lowest BCUT2D eigenvalue weighted by Gasteiger charge is -1.99. The van der Waals surface area contributed by atoms with Crippen LogP contribution in [0.1, 0.15) is 34.0 Å². The molecule has 2 heteroatoms. The summed E-state index contributed by atoms with van der Waals surface area (Å²) in [6, 6.07) is 9.69. The topological polar surface area (TPSA) is 20.9 Å². The molecule has 1 heterocycles. The van der Waals surface area contributed by atoms with E-state index in [2.05, 4.69) is 49.0 Å². The lowest BCUT2D eigenvalue weighted by atomic mass is 10.1. The lowest BCUT2D eigenvalue weighted by molar-refractivity contribution is -0.693. The molecule has 2 rings (SSSR count). The number of benzene rings is 1. The number of carbonyl (C=O) groups excluding carboxylic acids is 1. The van der Waals surface area contributed by atoms with Gasteiger partial charge in [0.05, 0.1) is 0 Å². The van der Waals surface area contributed by atoms with Crippen LogP contribution in [-0.4, -0.2) is 6.29 Å². The van der Waals surface area contributed by atoms with Gasteiger partial charge in [0, 0.05) is 17.2 Å². The molecular formula is C17H18NO+. The van der Waals surface area contributed by atoms with Gasteiger partial charge in [0.2, 0.25) is 0 Å². The van der Waals surface area contributed by atoms with E-state index in [1.807, 2.05) is 24.3 Å². The molecule has 2 nitrogen and oxygen atoms in total. The zero-order valence-corrected chi connectivity index (χ0v) is 11.3. The van der Waals surface area contributed by atoms with Gasteiger partial charge in [-0.05, 0) is 31.1 Å². The SMILES string of the molecule is CC[n+]1ccc(C)c(C=Cc2ccc(C=O)cc2)c1. The Morgan fingerprint density at radius 3 is 2.37 bits per heavy atom. The minimum absolute atomic E-state index is 0.705. The summed E-state index contributed by atoms with van der Waals surface area (Å²) in [5.41, 5.74) is 4.27. The molecule has 0 unspecified atom stereocenters. The van der Waals surface area contributed by atoms with E-state index >= 15 is 0 Å². The molecule has 0 amide bonds. The van der Waals surface area contributed by atoms with Crippen molar-refractivity contribution in [3.8, 4) is 0 Å². The van der Waals surface area contributed by atoms with Crippen molar-refractivity contribution in [2.24, 2.45) is 0 Å². The highest BCUT2D eigenvalue weighted by Gasteiger charge is 2.01. The molecule has 1 aromatic carbocycles. The van der Waals surface area contributed by atoms with Crippen molar-refractivity contribution in [1.29, 1.82) is 0 Å². The van der Waals surface area contributed by atoms with Crippen LogP contribution in [-0.2, 0) is 6.54 Å². The second-order valence-corrected chi connectivity index (χ2v) is 4.53. The minimum atomic E-state index is 0.705. The van der Waals surface area contributed by atoms with Crippen LogP contribution < -0.4 is 4.57 Å². The van der Waals surface area contributed by atoms with Crippen LogP contribution in [0, 0.1) is 6.92 Å². The Labute approximate surface area is 114 Å². The zero-order chi connectivity index (χ0) is 13.7. The molecule has 2 aromatic rings. The normalized spacial score (nSPS) is 10.8. The highest BCUT2D eigenvalue weighted by molar-refractivity contribution is 5.76. The van der Waals surface area contributed by atoms with Crippen LogP contribution in [0.25, 0.3) is 12.2 Å². The Kier molecular flexibility index (Phi) is 4.24. The smallest absolute Gasteiger partial charge is 0.176 e. The van der Waals surface area contributed by atoms with Crippen LogP contribution >= 0.6 is 0 Å². The molecule has 0 saturated carbocycles. The Balaban J connectivity index is 2.23. The van der Waals surface area contributed by atoms with Gasteiger partial charge < -0.3 is 0 Å². The number of hydrogen-bond acceptors (Lipinski definition) is 1. The van der Waals surface area contributed by atoms with Crippen LogP contribution in [0.4, 0.5) is 0 Å². The largest absolute Gasteiger partial charge is 0.298 e. The molecule has 0 aliphatic carbocycles. The number of nitrogens with zero attached hydrogens (tertiary/aromatic N) is 1. The minimum Gasteiger partial charge on any atom is -0.298 e. The predicted octanol–water partition coefficient (Wildman–Crippen LogP) is 3.29. The summed E-state index contributed by atoms with van der Waals surface area (Å²) in [7, 11) is 0. The Bertz CT molecular complexity index is 597. The first-order chi connectivity index (χ1) is 9.22. The number of aromatic nitrogens is 1. The third kappa shape index (κ3) is 3.38. The van der Waals surface area contributed by atoms with Gasteiger partial charge in [-0.15, -0.1) is 0 Å². The molecule has 0 N–H and O–H groups in total. The summed E-state index contributed by atoms with van der Waals surface area (Å²) in [4.78, 5) is 10.6. The average molecular weight is 252 g/mol. The second kappa shape index (κ2) is 6.10. The number of aryl methyl sites for hydroxylation is 2. The van der Waals surface area contributed by atoms with Crippen molar-refractivity contribution < 1.29 is 9.36 Å². The summed E-state index contributed by atoms with van der Waals surface area (Å²) in [6.07, 6.45) is 9.27. The summed E-state index contributed by atoms with van der Waals surface area (Å²) < 4.78 is 2.15. The highest BCUT2D eigenvalue weighted by atomic mass is 16.1. The molecular weight excluding hydrogens is 234 g/mol. The zero-order valence-electron chi connectivity index (χ0n) is 11.3. The third-order valence-corrected chi connectivity index (χ3v) is 3.17. The summed E-state index contributed by atoms with van der Waals surface area (Å²) in [6.45, 7) is 5.20. The first-order valence-corrected chi connectivity index (χ1v) is 6.46. The summed E-state index contributed by atoms with van der Waals surface area (Å²) >= 11 is 0. The molecule has 0 atom stereocenters. The number of aldehydes is 1. The van der Waals surface area contributed by atoms with Gasteiger partial charge >= 0.3 is 0 Å². The number of carbonyl (C=O) groups is 1. The van der Waals surface area contributed by atoms with E-state index in [4.69, 9.17) is 0 Å². The molecule has 96 valence electrons. The predicted molar refractivity (Wildman–Crippen MR) is 77.8 cm³/mol. The van der Waals surface area contributed by atoms with E-state index in [1.165, 1.54) is 11.1 Å². The molecule has 0 saturated heterocycles. The van der Waals surface area contributed by atoms with Gasteiger partial charge in [-0.3, -0.25) is 4.79 Å².